The Morgan fingerprint density at radius 1 is 1.17 bits per heavy atom. The van der Waals surface area contributed by atoms with E-state index in [1.165, 1.54) is 12.1 Å². The van der Waals surface area contributed by atoms with E-state index in [1.807, 2.05) is 18.2 Å². The standard InChI is InChI=1S/C15H11ClFN/c16-14-3-1-2-11(9-14)8-13(10-18)12-4-6-15(17)7-5-12/h1-7,9,13H,8H2. The minimum absolute atomic E-state index is 0.288. The SMILES string of the molecule is N#CC(Cc1cccc(Cl)c1)c1ccc(F)cc1. The van der Waals surface area contributed by atoms with Crippen LogP contribution in [0.1, 0.15) is 17.0 Å². The van der Waals surface area contributed by atoms with Gasteiger partial charge in [0.2, 0.25) is 0 Å². The van der Waals surface area contributed by atoms with Crippen molar-refractivity contribution in [1.29, 1.82) is 5.26 Å². The van der Waals surface area contributed by atoms with E-state index in [0.717, 1.165) is 11.1 Å². The van der Waals surface area contributed by atoms with Gasteiger partial charge in [0.25, 0.3) is 0 Å². The number of halogens is 2. The third-order valence-corrected chi connectivity index (χ3v) is 2.99. The summed E-state index contributed by atoms with van der Waals surface area (Å²) in [4.78, 5) is 0. The van der Waals surface area contributed by atoms with Gasteiger partial charge in [-0.3, -0.25) is 0 Å². The number of benzene rings is 2. The molecule has 0 heterocycles. The molecule has 2 aromatic carbocycles. The van der Waals surface area contributed by atoms with E-state index >= 15 is 0 Å². The molecule has 0 fully saturated rings. The molecule has 0 aliphatic carbocycles. The number of hydrogen-bond donors (Lipinski definition) is 0. The fourth-order valence-electron chi connectivity index (χ4n) is 1.83. The predicted molar refractivity (Wildman–Crippen MR) is 69.9 cm³/mol. The second kappa shape index (κ2) is 5.66. The van der Waals surface area contributed by atoms with Crippen LogP contribution in [0.2, 0.25) is 5.02 Å². The van der Waals surface area contributed by atoms with Gasteiger partial charge in [0.1, 0.15) is 5.82 Å². The third-order valence-electron chi connectivity index (χ3n) is 2.76. The number of hydrogen-bond acceptors (Lipinski definition) is 1. The Kier molecular flexibility index (Phi) is 3.96. The first-order chi connectivity index (χ1) is 8.69. The topological polar surface area (TPSA) is 23.8 Å². The summed E-state index contributed by atoms with van der Waals surface area (Å²) in [5.74, 6) is -0.581. The van der Waals surface area contributed by atoms with Crippen LogP contribution >= 0.6 is 11.6 Å². The predicted octanol–water partition coefficient (Wildman–Crippen LogP) is 4.33. The first-order valence-electron chi connectivity index (χ1n) is 5.58. The summed E-state index contributed by atoms with van der Waals surface area (Å²) in [6, 6.07) is 15.7. The fraction of sp³-hybridized carbons (Fsp3) is 0.133. The maximum absolute atomic E-state index is 12.8. The highest BCUT2D eigenvalue weighted by Gasteiger charge is 2.11. The normalized spacial score (nSPS) is 11.8. The molecule has 18 heavy (non-hydrogen) atoms. The van der Waals surface area contributed by atoms with Gasteiger partial charge in [-0.25, -0.2) is 4.39 Å². The lowest BCUT2D eigenvalue weighted by atomic mass is 9.93. The van der Waals surface area contributed by atoms with Crippen molar-refractivity contribution in [2.75, 3.05) is 0 Å². The van der Waals surface area contributed by atoms with E-state index in [4.69, 9.17) is 11.6 Å². The lowest BCUT2D eigenvalue weighted by Gasteiger charge is -2.09. The number of nitriles is 1. The van der Waals surface area contributed by atoms with Gasteiger partial charge in [0, 0.05) is 5.02 Å². The summed E-state index contributed by atoms with van der Waals surface area (Å²) < 4.78 is 12.8. The van der Waals surface area contributed by atoms with Crippen molar-refractivity contribution >= 4 is 11.6 Å². The molecule has 0 saturated heterocycles. The molecule has 0 saturated carbocycles. The largest absolute Gasteiger partial charge is 0.207 e. The van der Waals surface area contributed by atoms with Gasteiger partial charge in [-0.15, -0.1) is 0 Å². The maximum atomic E-state index is 12.8. The van der Waals surface area contributed by atoms with E-state index in [0.29, 0.717) is 11.4 Å². The fourth-order valence-corrected chi connectivity index (χ4v) is 2.05. The van der Waals surface area contributed by atoms with Crippen LogP contribution < -0.4 is 0 Å². The Hall–Kier alpha value is -1.85. The van der Waals surface area contributed by atoms with E-state index in [1.54, 1.807) is 18.2 Å². The van der Waals surface area contributed by atoms with Crippen molar-refractivity contribution in [3.05, 3.63) is 70.5 Å². The molecular formula is C15H11ClFN. The van der Waals surface area contributed by atoms with E-state index in [9.17, 15) is 9.65 Å². The summed E-state index contributed by atoms with van der Waals surface area (Å²) in [6.07, 6.45) is 0.572. The smallest absolute Gasteiger partial charge is 0.123 e. The van der Waals surface area contributed by atoms with Gasteiger partial charge in [0.05, 0.1) is 12.0 Å². The molecule has 0 aromatic heterocycles. The molecule has 0 aliphatic heterocycles. The molecule has 90 valence electrons. The minimum atomic E-state index is -0.293. The van der Waals surface area contributed by atoms with Crippen molar-refractivity contribution in [1.82, 2.24) is 0 Å². The highest BCUT2D eigenvalue weighted by molar-refractivity contribution is 6.30. The van der Waals surface area contributed by atoms with E-state index in [-0.39, 0.29) is 11.7 Å². The molecule has 0 radical (unpaired) electrons. The third kappa shape index (κ3) is 3.09. The van der Waals surface area contributed by atoms with Gasteiger partial charge in [-0.2, -0.15) is 5.26 Å². The van der Waals surface area contributed by atoms with Crippen molar-refractivity contribution < 1.29 is 4.39 Å². The average molecular weight is 260 g/mol. The minimum Gasteiger partial charge on any atom is -0.207 e. The number of nitrogens with zero attached hydrogens (tertiary/aromatic N) is 1. The van der Waals surface area contributed by atoms with Crippen molar-refractivity contribution in [3.63, 3.8) is 0 Å². The quantitative estimate of drug-likeness (QED) is 0.805. The Balaban J connectivity index is 2.20. The van der Waals surface area contributed by atoms with Gasteiger partial charge in [-0.1, -0.05) is 35.9 Å². The molecule has 0 bridgehead atoms. The molecule has 2 aromatic rings. The van der Waals surface area contributed by atoms with E-state index < -0.39 is 0 Å². The van der Waals surface area contributed by atoms with Crippen molar-refractivity contribution in [2.45, 2.75) is 12.3 Å². The van der Waals surface area contributed by atoms with Crippen LogP contribution in [0.25, 0.3) is 0 Å². The molecular weight excluding hydrogens is 249 g/mol. The monoisotopic (exact) mass is 259 g/mol. The molecule has 3 heteroatoms. The Morgan fingerprint density at radius 3 is 2.50 bits per heavy atom. The van der Waals surface area contributed by atoms with Crippen molar-refractivity contribution in [2.24, 2.45) is 0 Å². The van der Waals surface area contributed by atoms with Crippen LogP contribution in [0, 0.1) is 17.1 Å². The second-order valence-electron chi connectivity index (χ2n) is 4.07. The van der Waals surface area contributed by atoms with Gasteiger partial charge >= 0.3 is 0 Å². The van der Waals surface area contributed by atoms with E-state index in [2.05, 4.69) is 6.07 Å². The van der Waals surface area contributed by atoms with Gasteiger partial charge in [-0.05, 0) is 41.8 Å². The van der Waals surface area contributed by atoms with Crippen LogP contribution in [-0.2, 0) is 6.42 Å². The molecule has 0 aliphatic rings. The summed E-state index contributed by atoms with van der Waals surface area (Å²) in [5.41, 5.74) is 1.82. The molecule has 0 amide bonds. The molecule has 1 atom stereocenters. The lowest BCUT2D eigenvalue weighted by molar-refractivity contribution is 0.626. The Labute approximate surface area is 110 Å². The highest BCUT2D eigenvalue weighted by atomic mass is 35.5. The highest BCUT2D eigenvalue weighted by Crippen LogP contribution is 2.22. The summed E-state index contributed by atoms with van der Waals surface area (Å²) in [6.45, 7) is 0. The van der Waals surface area contributed by atoms with Crippen LogP contribution in [0.15, 0.2) is 48.5 Å². The average Bonchev–Trinajstić information content (AvgIpc) is 2.37. The zero-order valence-corrected chi connectivity index (χ0v) is 10.4. The van der Waals surface area contributed by atoms with Crippen molar-refractivity contribution in [3.8, 4) is 6.07 Å². The lowest BCUT2D eigenvalue weighted by Crippen LogP contribution is -2.00. The Morgan fingerprint density at radius 2 is 1.89 bits per heavy atom. The number of rotatable bonds is 3. The summed E-state index contributed by atoms with van der Waals surface area (Å²) in [5, 5.41) is 9.86. The first kappa shape index (κ1) is 12.6. The molecule has 1 nitrogen and oxygen atoms in total. The van der Waals surface area contributed by atoms with Crippen LogP contribution in [0.4, 0.5) is 4.39 Å². The van der Waals surface area contributed by atoms with Gasteiger partial charge in [0.15, 0.2) is 0 Å². The maximum Gasteiger partial charge on any atom is 0.123 e. The molecule has 2 rings (SSSR count). The van der Waals surface area contributed by atoms with Crippen LogP contribution in [-0.4, -0.2) is 0 Å². The molecule has 0 N–H and O–H groups in total. The Bertz CT molecular complexity index is 572. The molecule has 0 spiro atoms. The van der Waals surface area contributed by atoms with Crippen LogP contribution in [0.3, 0.4) is 0 Å². The second-order valence-corrected chi connectivity index (χ2v) is 4.50. The molecule has 1 unspecified atom stereocenters. The summed E-state index contributed by atoms with van der Waals surface area (Å²) in [7, 11) is 0. The zero-order valence-electron chi connectivity index (χ0n) is 9.61. The van der Waals surface area contributed by atoms with Gasteiger partial charge < -0.3 is 0 Å². The van der Waals surface area contributed by atoms with Crippen LogP contribution in [0.5, 0.6) is 0 Å². The first-order valence-corrected chi connectivity index (χ1v) is 5.96. The zero-order chi connectivity index (χ0) is 13.0. The summed E-state index contributed by atoms with van der Waals surface area (Å²) >= 11 is 5.91.